The van der Waals surface area contributed by atoms with E-state index in [4.69, 9.17) is 4.74 Å². The summed E-state index contributed by atoms with van der Waals surface area (Å²) in [5.74, 6) is 2.31. The van der Waals surface area contributed by atoms with Crippen LogP contribution in [0.2, 0.25) is 0 Å². The van der Waals surface area contributed by atoms with Crippen molar-refractivity contribution in [3.63, 3.8) is 0 Å². The van der Waals surface area contributed by atoms with E-state index in [1.165, 1.54) is 24.8 Å². The van der Waals surface area contributed by atoms with Crippen molar-refractivity contribution in [2.45, 2.75) is 58.4 Å². The van der Waals surface area contributed by atoms with Crippen LogP contribution in [0, 0.1) is 5.92 Å². The monoisotopic (exact) mass is 388 g/mol. The van der Waals surface area contributed by atoms with Crippen molar-refractivity contribution in [1.29, 1.82) is 0 Å². The minimum Gasteiger partial charge on any atom is -0.484 e. The Kier molecular flexibility index (Phi) is 9.66. The molecule has 1 fully saturated rings. The summed E-state index contributed by atoms with van der Waals surface area (Å²) in [5.41, 5.74) is 1.22. The molecule has 0 saturated heterocycles. The number of benzene rings is 1. The van der Waals surface area contributed by atoms with Gasteiger partial charge in [-0.15, -0.1) is 0 Å². The second-order valence-electron chi connectivity index (χ2n) is 7.84. The van der Waals surface area contributed by atoms with E-state index >= 15 is 0 Å². The minimum atomic E-state index is -0.0427. The third-order valence-corrected chi connectivity index (χ3v) is 4.67. The number of hydrogen-bond donors (Lipinski definition) is 3. The molecule has 0 unspecified atom stereocenters. The molecular formula is C22H36N4O2. The molecule has 1 aliphatic carbocycles. The number of guanidine groups is 1. The highest BCUT2D eigenvalue weighted by Crippen LogP contribution is 2.18. The lowest BCUT2D eigenvalue weighted by Gasteiger charge is -2.12. The minimum absolute atomic E-state index is 0.0427. The van der Waals surface area contributed by atoms with Crippen LogP contribution >= 0.6 is 0 Å². The summed E-state index contributed by atoms with van der Waals surface area (Å²) >= 11 is 0. The zero-order chi connectivity index (χ0) is 20.2. The topological polar surface area (TPSA) is 74.8 Å². The van der Waals surface area contributed by atoms with Gasteiger partial charge in [0.25, 0.3) is 5.91 Å². The summed E-state index contributed by atoms with van der Waals surface area (Å²) in [6, 6.07) is 8.29. The van der Waals surface area contributed by atoms with Crippen molar-refractivity contribution in [3.8, 4) is 5.75 Å². The van der Waals surface area contributed by atoms with E-state index in [1.807, 2.05) is 24.3 Å². The van der Waals surface area contributed by atoms with Crippen LogP contribution in [-0.4, -0.2) is 44.7 Å². The van der Waals surface area contributed by atoms with Gasteiger partial charge in [0.15, 0.2) is 12.6 Å². The number of carbonyl (C=O) groups is 1. The molecule has 1 saturated carbocycles. The van der Waals surface area contributed by atoms with Gasteiger partial charge in [0.1, 0.15) is 5.75 Å². The molecule has 3 N–H and O–H groups in total. The third kappa shape index (κ3) is 9.62. The standard InChI is InChI=1S/C22H36N4O2/c1-17(2)6-4-5-14-24-22(23-3)25-15-13-18-7-11-20(12-8-18)28-16-21(27)26-19-9-10-19/h7-8,11-12,17,19H,4-6,9-10,13-16H2,1-3H3,(H,26,27)(H2,23,24,25). The van der Waals surface area contributed by atoms with Crippen molar-refractivity contribution in [2.75, 3.05) is 26.7 Å². The predicted molar refractivity (Wildman–Crippen MR) is 115 cm³/mol. The van der Waals surface area contributed by atoms with Gasteiger partial charge in [-0.2, -0.15) is 0 Å². The fourth-order valence-electron chi connectivity index (χ4n) is 2.83. The molecule has 2 rings (SSSR count). The molecule has 1 aromatic rings. The zero-order valence-corrected chi connectivity index (χ0v) is 17.6. The summed E-state index contributed by atoms with van der Waals surface area (Å²) in [6.07, 6.45) is 6.77. The lowest BCUT2D eigenvalue weighted by molar-refractivity contribution is -0.123. The number of rotatable bonds is 12. The number of amides is 1. The number of ether oxygens (including phenoxy) is 1. The Labute approximate surface area is 169 Å². The Morgan fingerprint density at radius 2 is 1.86 bits per heavy atom. The summed E-state index contributed by atoms with van der Waals surface area (Å²) in [4.78, 5) is 15.9. The Morgan fingerprint density at radius 3 is 2.50 bits per heavy atom. The van der Waals surface area contributed by atoms with Crippen LogP contribution in [0.15, 0.2) is 29.3 Å². The van der Waals surface area contributed by atoms with E-state index in [-0.39, 0.29) is 12.5 Å². The Bertz CT molecular complexity index is 609. The van der Waals surface area contributed by atoms with Crippen molar-refractivity contribution >= 4 is 11.9 Å². The molecular weight excluding hydrogens is 352 g/mol. The highest BCUT2D eigenvalue weighted by molar-refractivity contribution is 5.79. The molecule has 0 aromatic heterocycles. The first-order valence-electron chi connectivity index (χ1n) is 10.5. The predicted octanol–water partition coefficient (Wildman–Crippen LogP) is 2.88. The van der Waals surface area contributed by atoms with Gasteiger partial charge in [-0.25, -0.2) is 0 Å². The average Bonchev–Trinajstić information content (AvgIpc) is 3.49. The molecule has 1 aliphatic rings. The number of carbonyl (C=O) groups excluding carboxylic acids is 1. The summed E-state index contributed by atoms with van der Waals surface area (Å²) < 4.78 is 5.53. The average molecular weight is 389 g/mol. The largest absolute Gasteiger partial charge is 0.484 e. The Balaban J connectivity index is 1.58. The van der Waals surface area contributed by atoms with Gasteiger partial charge in [-0.05, 0) is 49.3 Å². The Morgan fingerprint density at radius 1 is 1.14 bits per heavy atom. The van der Waals surface area contributed by atoms with E-state index in [9.17, 15) is 4.79 Å². The molecule has 1 aromatic carbocycles. The lowest BCUT2D eigenvalue weighted by atomic mass is 10.1. The Hall–Kier alpha value is -2.24. The molecule has 6 heteroatoms. The summed E-state index contributed by atoms with van der Waals surface area (Å²) in [6.45, 7) is 6.37. The van der Waals surface area contributed by atoms with Crippen LogP contribution in [0.3, 0.4) is 0 Å². The summed E-state index contributed by atoms with van der Waals surface area (Å²) in [5, 5.41) is 9.63. The van der Waals surface area contributed by atoms with Gasteiger partial charge in [-0.1, -0.05) is 38.8 Å². The smallest absolute Gasteiger partial charge is 0.258 e. The maximum atomic E-state index is 11.6. The first-order chi connectivity index (χ1) is 13.6. The van der Waals surface area contributed by atoms with Crippen LogP contribution in [0.25, 0.3) is 0 Å². The van der Waals surface area contributed by atoms with Gasteiger partial charge in [0, 0.05) is 26.2 Å². The fourth-order valence-corrected chi connectivity index (χ4v) is 2.83. The van der Waals surface area contributed by atoms with Crippen molar-refractivity contribution in [2.24, 2.45) is 10.9 Å². The van der Waals surface area contributed by atoms with Crippen molar-refractivity contribution in [3.05, 3.63) is 29.8 Å². The van der Waals surface area contributed by atoms with E-state index in [0.29, 0.717) is 6.04 Å². The van der Waals surface area contributed by atoms with Crippen LogP contribution in [0.5, 0.6) is 5.75 Å². The van der Waals surface area contributed by atoms with Crippen molar-refractivity contribution < 1.29 is 9.53 Å². The summed E-state index contributed by atoms with van der Waals surface area (Å²) in [7, 11) is 1.80. The third-order valence-electron chi connectivity index (χ3n) is 4.67. The normalized spacial score (nSPS) is 14.1. The molecule has 6 nitrogen and oxygen atoms in total. The molecule has 156 valence electrons. The molecule has 0 bridgehead atoms. The first-order valence-corrected chi connectivity index (χ1v) is 10.5. The number of unbranched alkanes of at least 4 members (excludes halogenated alkanes) is 1. The van der Waals surface area contributed by atoms with Crippen LogP contribution in [-0.2, 0) is 11.2 Å². The zero-order valence-electron chi connectivity index (χ0n) is 17.6. The quantitative estimate of drug-likeness (QED) is 0.292. The van der Waals surface area contributed by atoms with E-state index in [1.54, 1.807) is 7.05 Å². The van der Waals surface area contributed by atoms with E-state index < -0.39 is 0 Å². The number of aliphatic imine (C=N–C) groups is 1. The SMILES string of the molecule is CN=C(NCCCCC(C)C)NCCc1ccc(OCC(=O)NC2CC2)cc1. The van der Waals surface area contributed by atoms with Gasteiger partial charge in [0.05, 0.1) is 0 Å². The van der Waals surface area contributed by atoms with Crippen LogP contribution < -0.4 is 20.7 Å². The molecule has 0 radical (unpaired) electrons. The van der Waals surface area contributed by atoms with Crippen LogP contribution in [0.4, 0.5) is 0 Å². The van der Waals surface area contributed by atoms with Gasteiger partial charge < -0.3 is 20.7 Å². The van der Waals surface area contributed by atoms with E-state index in [0.717, 1.165) is 50.0 Å². The maximum Gasteiger partial charge on any atom is 0.258 e. The number of nitrogens with one attached hydrogen (secondary N) is 3. The second-order valence-corrected chi connectivity index (χ2v) is 7.84. The molecule has 0 aliphatic heterocycles. The molecule has 0 atom stereocenters. The van der Waals surface area contributed by atoms with Gasteiger partial charge in [0.2, 0.25) is 0 Å². The highest BCUT2D eigenvalue weighted by atomic mass is 16.5. The van der Waals surface area contributed by atoms with E-state index in [2.05, 4.69) is 34.8 Å². The lowest BCUT2D eigenvalue weighted by Crippen LogP contribution is -2.38. The highest BCUT2D eigenvalue weighted by Gasteiger charge is 2.23. The van der Waals surface area contributed by atoms with Crippen molar-refractivity contribution in [1.82, 2.24) is 16.0 Å². The number of hydrogen-bond acceptors (Lipinski definition) is 3. The maximum absolute atomic E-state index is 11.6. The fraction of sp³-hybridized carbons (Fsp3) is 0.636. The molecule has 0 spiro atoms. The molecule has 1 amide bonds. The van der Waals surface area contributed by atoms with Gasteiger partial charge in [-0.3, -0.25) is 9.79 Å². The van der Waals surface area contributed by atoms with Crippen LogP contribution in [0.1, 0.15) is 51.5 Å². The molecule has 28 heavy (non-hydrogen) atoms. The number of nitrogens with zero attached hydrogens (tertiary/aromatic N) is 1. The first kappa shape index (κ1) is 22.1. The second kappa shape index (κ2) is 12.3. The van der Waals surface area contributed by atoms with Gasteiger partial charge >= 0.3 is 0 Å². The molecule has 0 heterocycles.